The van der Waals surface area contributed by atoms with Gasteiger partial charge in [0.1, 0.15) is 0 Å². The van der Waals surface area contributed by atoms with Gasteiger partial charge in [-0.05, 0) is 30.9 Å². The van der Waals surface area contributed by atoms with Crippen LogP contribution in [0, 0.1) is 0 Å². The van der Waals surface area contributed by atoms with Gasteiger partial charge in [-0.1, -0.05) is 26.0 Å². The summed E-state index contributed by atoms with van der Waals surface area (Å²) in [7, 11) is 0. The van der Waals surface area contributed by atoms with Crippen LogP contribution in [0.3, 0.4) is 0 Å². The van der Waals surface area contributed by atoms with Gasteiger partial charge in [0.15, 0.2) is 0 Å². The summed E-state index contributed by atoms with van der Waals surface area (Å²) in [5.74, 6) is 0.302. The topological polar surface area (TPSA) is 52.3 Å². The van der Waals surface area contributed by atoms with E-state index in [1.54, 1.807) is 6.07 Å². The van der Waals surface area contributed by atoms with Crippen LogP contribution in [0.2, 0.25) is 0 Å². The van der Waals surface area contributed by atoms with E-state index in [2.05, 4.69) is 18.8 Å². The van der Waals surface area contributed by atoms with Gasteiger partial charge >= 0.3 is 11.7 Å². The molecule has 1 aromatic carbocycles. The molecule has 4 heteroatoms. The lowest BCUT2D eigenvalue weighted by Crippen LogP contribution is -2.08. The Morgan fingerprint density at radius 2 is 2.17 bits per heavy atom. The fourth-order valence-electron chi connectivity index (χ4n) is 1.94. The molecule has 1 aromatic heterocycles. The summed E-state index contributed by atoms with van der Waals surface area (Å²) in [5.41, 5.74) is 1.24. The Bertz CT molecular complexity index is 604. The van der Waals surface area contributed by atoms with E-state index in [0.29, 0.717) is 23.4 Å². The third-order valence-electron chi connectivity index (χ3n) is 3.08. The minimum absolute atomic E-state index is 0.0382. The normalized spacial score (nSPS) is 12.6. The molecule has 1 heterocycles. The van der Waals surface area contributed by atoms with Crippen molar-refractivity contribution in [2.45, 2.75) is 33.1 Å². The van der Waals surface area contributed by atoms with Crippen LogP contribution >= 0.6 is 0 Å². The highest BCUT2D eigenvalue weighted by Gasteiger charge is 2.14. The first kappa shape index (κ1) is 12.6. The SMILES string of the molecule is CCOc1nc2cccc(C(C)CC)c2c(=O)o1. The highest BCUT2D eigenvalue weighted by Crippen LogP contribution is 2.25. The van der Waals surface area contributed by atoms with Gasteiger partial charge in [0.05, 0.1) is 17.5 Å². The van der Waals surface area contributed by atoms with Gasteiger partial charge in [-0.2, -0.15) is 4.98 Å². The van der Waals surface area contributed by atoms with Crippen LogP contribution in [0.4, 0.5) is 0 Å². The van der Waals surface area contributed by atoms with E-state index in [-0.39, 0.29) is 11.7 Å². The van der Waals surface area contributed by atoms with Crippen molar-refractivity contribution in [3.8, 4) is 6.08 Å². The lowest BCUT2D eigenvalue weighted by Gasteiger charge is -2.11. The predicted octanol–water partition coefficient (Wildman–Crippen LogP) is 3.10. The first-order valence-corrected chi connectivity index (χ1v) is 6.23. The molecular formula is C14H17NO3. The maximum absolute atomic E-state index is 12.0. The van der Waals surface area contributed by atoms with E-state index < -0.39 is 0 Å². The Morgan fingerprint density at radius 3 is 2.83 bits per heavy atom. The third kappa shape index (κ3) is 2.23. The number of fused-ring (bicyclic) bond motifs is 1. The van der Waals surface area contributed by atoms with Crippen molar-refractivity contribution in [1.82, 2.24) is 4.98 Å². The molecule has 0 aliphatic rings. The molecule has 0 fully saturated rings. The van der Waals surface area contributed by atoms with E-state index in [9.17, 15) is 4.79 Å². The molecule has 4 nitrogen and oxygen atoms in total. The standard InChI is InChI=1S/C14H17NO3/c1-4-9(3)10-7-6-8-11-12(10)13(16)18-14(15-11)17-5-2/h6-9H,4-5H2,1-3H3. The average molecular weight is 247 g/mol. The van der Waals surface area contributed by atoms with Crippen LogP contribution in [0.1, 0.15) is 38.7 Å². The molecule has 0 aliphatic carbocycles. The second-order valence-electron chi connectivity index (χ2n) is 4.25. The lowest BCUT2D eigenvalue weighted by molar-refractivity contribution is 0.229. The van der Waals surface area contributed by atoms with Gasteiger partial charge < -0.3 is 9.15 Å². The summed E-state index contributed by atoms with van der Waals surface area (Å²) >= 11 is 0. The molecule has 0 spiro atoms. The van der Waals surface area contributed by atoms with Gasteiger partial charge in [-0.25, -0.2) is 4.79 Å². The summed E-state index contributed by atoms with van der Waals surface area (Å²) in [5, 5.41) is 0.565. The molecule has 0 aliphatic heterocycles. The molecule has 0 N–H and O–H groups in total. The Kier molecular flexibility index (Phi) is 3.65. The van der Waals surface area contributed by atoms with Crippen molar-refractivity contribution >= 4 is 10.9 Å². The fourth-order valence-corrected chi connectivity index (χ4v) is 1.94. The molecule has 2 aromatic rings. The van der Waals surface area contributed by atoms with E-state index in [1.807, 2.05) is 19.1 Å². The van der Waals surface area contributed by atoms with Crippen LogP contribution < -0.4 is 10.4 Å². The smallest absolute Gasteiger partial charge is 0.397 e. The van der Waals surface area contributed by atoms with Crippen molar-refractivity contribution in [3.63, 3.8) is 0 Å². The Hall–Kier alpha value is -1.84. The lowest BCUT2D eigenvalue weighted by atomic mass is 9.95. The van der Waals surface area contributed by atoms with E-state index >= 15 is 0 Å². The second kappa shape index (κ2) is 5.21. The van der Waals surface area contributed by atoms with Crippen molar-refractivity contribution in [1.29, 1.82) is 0 Å². The number of rotatable bonds is 4. The predicted molar refractivity (Wildman–Crippen MR) is 70.2 cm³/mol. The molecule has 0 saturated carbocycles. The number of hydrogen-bond acceptors (Lipinski definition) is 4. The fraction of sp³-hybridized carbons (Fsp3) is 0.429. The largest absolute Gasteiger partial charge is 0.450 e. The number of hydrogen-bond donors (Lipinski definition) is 0. The summed E-state index contributed by atoms with van der Waals surface area (Å²) in [6.07, 6.45) is 1.00. The third-order valence-corrected chi connectivity index (χ3v) is 3.08. The van der Waals surface area contributed by atoms with Crippen LogP contribution in [0.25, 0.3) is 10.9 Å². The molecule has 18 heavy (non-hydrogen) atoms. The molecule has 2 rings (SSSR count). The van der Waals surface area contributed by atoms with E-state index in [4.69, 9.17) is 9.15 Å². The number of ether oxygens (including phenoxy) is 1. The van der Waals surface area contributed by atoms with Gasteiger partial charge in [0.25, 0.3) is 0 Å². The molecular weight excluding hydrogens is 230 g/mol. The highest BCUT2D eigenvalue weighted by atomic mass is 16.6. The zero-order valence-electron chi connectivity index (χ0n) is 10.9. The first-order valence-electron chi connectivity index (χ1n) is 6.23. The van der Waals surface area contributed by atoms with Crippen molar-refractivity contribution in [2.24, 2.45) is 0 Å². The molecule has 1 atom stereocenters. The Balaban J connectivity index is 2.67. The molecule has 1 unspecified atom stereocenters. The molecule has 96 valence electrons. The van der Waals surface area contributed by atoms with Crippen molar-refractivity contribution in [2.75, 3.05) is 6.61 Å². The average Bonchev–Trinajstić information content (AvgIpc) is 2.37. The number of nitrogens with zero attached hydrogens (tertiary/aromatic N) is 1. The van der Waals surface area contributed by atoms with Gasteiger partial charge in [-0.3, -0.25) is 0 Å². The molecule has 0 bridgehead atoms. The summed E-state index contributed by atoms with van der Waals surface area (Å²) in [6, 6.07) is 5.67. The van der Waals surface area contributed by atoms with Crippen molar-refractivity contribution < 1.29 is 9.15 Å². The summed E-state index contributed by atoms with van der Waals surface area (Å²) < 4.78 is 10.2. The van der Waals surface area contributed by atoms with Crippen LogP contribution in [-0.2, 0) is 0 Å². The minimum Gasteiger partial charge on any atom is -0.450 e. The van der Waals surface area contributed by atoms with Crippen LogP contribution in [0.5, 0.6) is 6.08 Å². The summed E-state index contributed by atoms with van der Waals surface area (Å²) in [4.78, 5) is 16.2. The maximum atomic E-state index is 12.0. The molecule has 0 amide bonds. The van der Waals surface area contributed by atoms with E-state index in [0.717, 1.165) is 12.0 Å². The van der Waals surface area contributed by atoms with Gasteiger partial charge in [0, 0.05) is 0 Å². The van der Waals surface area contributed by atoms with Crippen LogP contribution in [-0.4, -0.2) is 11.6 Å². The highest BCUT2D eigenvalue weighted by molar-refractivity contribution is 5.81. The minimum atomic E-state index is -0.376. The zero-order valence-corrected chi connectivity index (χ0v) is 10.9. The monoisotopic (exact) mass is 247 g/mol. The van der Waals surface area contributed by atoms with Gasteiger partial charge in [0.2, 0.25) is 0 Å². The van der Waals surface area contributed by atoms with Crippen LogP contribution in [0.15, 0.2) is 27.4 Å². The number of benzene rings is 1. The Morgan fingerprint density at radius 1 is 1.39 bits per heavy atom. The maximum Gasteiger partial charge on any atom is 0.397 e. The zero-order chi connectivity index (χ0) is 13.1. The molecule has 0 radical (unpaired) electrons. The summed E-state index contributed by atoms with van der Waals surface area (Å²) in [6.45, 7) is 6.42. The van der Waals surface area contributed by atoms with Crippen molar-refractivity contribution in [3.05, 3.63) is 34.2 Å². The second-order valence-corrected chi connectivity index (χ2v) is 4.25. The van der Waals surface area contributed by atoms with E-state index in [1.165, 1.54) is 0 Å². The number of aromatic nitrogens is 1. The Labute approximate surface area is 106 Å². The molecule has 0 saturated heterocycles. The first-order chi connectivity index (χ1) is 8.67. The quantitative estimate of drug-likeness (QED) is 0.833. The van der Waals surface area contributed by atoms with Gasteiger partial charge in [-0.15, -0.1) is 0 Å².